The zero-order valence-corrected chi connectivity index (χ0v) is 13.0. The maximum atomic E-state index is 11.5. The lowest BCUT2D eigenvalue weighted by molar-refractivity contribution is -0.105. The largest absolute Gasteiger partial charge is 0.298 e. The minimum Gasteiger partial charge on any atom is -0.298 e. The molecule has 0 heterocycles. The first-order valence-electron chi connectivity index (χ1n) is 8.78. The number of aldehydes is 1. The highest BCUT2D eigenvalue weighted by atomic mass is 16.1. The third-order valence-corrected chi connectivity index (χ3v) is 4.83. The summed E-state index contributed by atoms with van der Waals surface area (Å²) in [7, 11) is 0. The second-order valence-corrected chi connectivity index (χ2v) is 6.43. The molecule has 1 heteroatoms. The monoisotopic (exact) mass is 274 g/mol. The maximum Gasteiger partial charge on any atom is 0.146 e. The molecule has 2 aliphatic rings. The van der Waals surface area contributed by atoms with E-state index in [0.717, 1.165) is 24.7 Å². The fourth-order valence-electron chi connectivity index (χ4n) is 3.60. The van der Waals surface area contributed by atoms with E-state index in [2.05, 4.69) is 6.08 Å². The van der Waals surface area contributed by atoms with Crippen molar-refractivity contribution in [2.24, 2.45) is 0 Å². The van der Waals surface area contributed by atoms with E-state index in [-0.39, 0.29) is 0 Å². The molecule has 0 atom stereocenters. The Morgan fingerprint density at radius 1 is 0.700 bits per heavy atom. The Balaban J connectivity index is 2.18. The van der Waals surface area contributed by atoms with Gasteiger partial charge >= 0.3 is 0 Å². The van der Waals surface area contributed by atoms with Gasteiger partial charge < -0.3 is 0 Å². The summed E-state index contributed by atoms with van der Waals surface area (Å²) >= 11 is 0. The molecule has 0 aromatic carbocycles. The number of allylic oxidation sites excluding steroid dienone is 4. The van der Waals surface area contributed by atoms with Crippen molar-refractivity contribution in [3.63, 3.8) is 0 Å². The van der Waals surface area contributed by atoms with Crippen LogP contribution >= 0.6 is 0 Å². The molecular formula is C19H30O. The van der Waals surface area contributed by atoms with E-state index in [9.17, 15) is 4.79 Å². The zero-order chi connectivity index (χ0) is 14.0. The lowest BCUT2D eigenvalue weighted by Gasteiger charge is -2.15. The summed E-state index contributed by atoms with van der Waals surface area (Å²) in [6, 6.07) is 0. The first-order valence-corrected chi connectivity index (χ1v) is 8.78. The van der Waals surface area contributed by atoms with Crippen molar-refractivity contribution in [1.29, 1.82) is 0 Å². The van der Waals surface area contributed by atoms with Crippen LogP contribution in [0.15, 0.2) is 22.8 Å². The van der Waals surface area contributed by atoms with Crippen LogP contribution in [-0.4, -0.2) is 6.29 Å². The molecule has 0 spiro atoms. The van der Waals surface area contributed by atoms with Crippen LogP contribution in [0.5, 0.6) is 0 Å². The fourth-order valence-corrected chi connectivity index (χ4v) is 3.60. The zero-order valence-electron chi connectivity index (χ0n) is 13.0. The average molecular weight is 274 g/mol. The highest BCUT2D eigenvalue weighted by molar-refractivity contribution is 5.76. The van der Waals surface area contributed by atoms with E-state index in [1.54, 1.807) is 0 Å². The average Bonchev–Trinajstić information content (AvgIpc) is 2.68. The topological polar surface area (TPSA) is 17.1 Å². The van der Waals surface area contributed by atoms with Crippen molar-refractivity contribution >= 4 is 6.29 Å². The van der Waals surface area contributed by atoms with Gasteiger partial charge in [0.1, 0.15) is 6.29 Å². The number of hydrogen-bond acceptors (Lipinski definition) is 1. The third-order valence-electron chi connectivity index (χ3n) is 4.83. The van der Waals surface area contributed by atoms with E-state index in [1.165, 1.54) is 88.2 Å². The Morgan fingerprint density at radius 2 is 1.30 bits per heavy atom. The first kappa shape index (κ1) is 15.5. The van der Waals surface area contributed by atoms with E-state index < -0.39 is 0 Å². The molecule has 0 saturated heterocycles. The lowest BCUT2D eigenvalue weighted by atomic mass is 9.90. The van der Waals surface area contributed by atoms with Gasteiger partial charge in [0.15, 0.2) is 0 Å². The van der Waals surface area contributed by atoms with Crippen LogP contribution in [0.3, 0.4) is 0 Å². The molecule has 0 aromatic heterocycles. The molecule has 0 aliphatic heterocycles. The van der Waals surface area contributed by atoms with E-state index >= 15 is 0 Å². The summed E-state index contributed by atoms with van der Waals surface area (Å²) in [5, 5.41) is 0. The van der Waals surface area contributed by atoms with Crippen LogP contribution in [0, 0.1) is 0 Å². The van der Waals surface area contributed by atoms with Crippen LogP contribution in [-0.2, 0) is 4.79 Å². The summed E-state index contributed by atoms with van der Waals surface area (Å²) in [5.41, 5.74) is 4.08. The van der Waals surface area contributed by atoms with Crippen molar-refractivity contribution in [1.82, 2.24) is 0 Å². The molecule has 0 aromatic rings. The van der Waals surface area contributed by atoms with Crippen LogP contribution < -0.4 is 0 Å². The van der Waals surface area contributed by atoms with Gasteiger partial charge in [-0.3, -0.25) is 4.79 Å². The number of hydrogen-bond donors (Lipinski definition) is 0. The number of carbonyl (C=O) groups is 1. The molecule has 1 nitrogen and oxygen atoms in total. The molecule has 2 aliphatic carbocycles. The van der Waals surface area contributed by atoms with Gasteiger partial charge in [-0.05, 0) is 68.1 Å². The SMILES string of the molecule is O=C/C1=C(\C2=C\CCCCCCC2)CCCCCCC1. The normalized spacial score (nSPS) is 29.7. The van der Waals surface area contributed by atoms with Crippen LogP contribution in [0.4, 0.5) is 0 Å². The standard InChI is InChI=1S/C19H30O/c20-16-18-14-10-6-3-7-11-15-19(18)17-12-8-4-1-2-5-9-13-17/h12,16H,1-11,13-15H2/b17-12+,19-18-. The molecule has 0 unspecified atom stereocenters. The summed E-state index contributed by atoms with van der Waals surface area (Å²) in [5.74, 6) is 0. The van der Waals surface area contributed by atoms with Gasteiger partial charge in [-0.2, -0.15) is 0 Å². The summed E-state index contributed by atoms with van der Waals surface area (Å²) in [4.78, 5) is 11.5. The van der Waals surface area contributed by atoms with Crippen LogP contribution in [0.2, 0.25) is 0 Å². The van der Waals surface area contributed by atoms with Crippen molar-refractivity contribution in [3.8, 4) is 0 Å². The molecule has 0 amide bonds. The smallest absolute Gasteiger partial charge is 0.146 e. The van der Waals surface area contributed by atoms with E-state index in [1.807, 2.05) is 0 Å². The molecule has 2 rings (SSSR count). The maximum absolute atomic E-state index is 11.5. The second kappa shape index (κ2) is 9.15. The fraction of sp³-hybridized carbons (Fsp3) is 0.737. The molecule has 0 saturated carbocycles. The Labute approximate surface area is 124 Å². The first-order chi connectivity index (χ1) is 9.92. The summed E-state index contributed by atoms with van der Waals surface area (Å²) in [6.07, 6.45) is 21.4. The van der Waals surface area contributed by atoms with E-state index in [4.69, 9.17) is 0 Å². The molecule has 20 heavy (non-hydrogen) atoms. The quantitative estimate of drug-likeness (QED) is 0.573. The molecule has 0 N–H and O–H groups in total. The molecule has 112 valence electrons. The van der Waals surface area contributed by atoms with Gasteiger partial charge in [0.05, 0.1) is 0 Å². The second-order valence-electron chi connectivity index (χ2n) is 6.43. The predicted octanol–water partition coefficient (Wildman–Crippen LogP) is 5.90. The molecule has 0 bridgehead atoms. The third kappa shape index (κ3) is 4.92. The van der Waals surface area contributed by atoms with Crippen LogP contribution in [0.25, 0.3) is 0 Å². The predicted molar refractivity (Wildman–Crippen MR) is 85.8 cm³/mol. The van der Waals surface area contributed by atoms with Crippen LogP contribution in [0.1, 0.15) is 89.9 Å². The van der Waals surface area contributed by atoms with Gasteiger partial charge in [-0.15, -0.1) is 0 Å². The molecular weight excluding hydrogens is 244 g/mol. The lowest BCUT2D eigenvalue weighted by Crippen LogP contribution is -1.99. The minimum absolute atomic E-state index is 1.01. The Hall–Kier alpha value is -0.850. The van der Waals surface area contributed by atoms with Crippen molar-refractivity contribution in [3.05, 3.63) is 22.8 Å². The van der Waals surface area contributed by atoms with E-state index in [0.29, 0.717) is 0 Å². The van der Waals surface area contributed by atoms with Gasteiger partial charge in [-0.25, -0.2) is 0 Å². The van der Waals surface area contributed by atoms with Gasteiger partial charge in [0.25, 0.3) is 0 Å². The Morgan fingerprint density at radius 3 is 2.05 bits per heavy atom. The summed E-state index contributed by atoms with van der Waals surface area (Å²) < 4.78 is 0. The number of carbonyl (C=O) groups excluding carboxylic acids is 1. The Bertz CT molecular complexity index is 362. The van der Waals surface area contributed by atoms with Crippen molar-refractivity contribution < 1.29 is 4.79 Å². The summed E-state index contributed by atoms with van der Waals surface area (Å²) in [6.45, 7) is 0. The Kier molecular flexibility index (Phi) is 7.11. The van der Waals surface area contributed by atoms with Gasteiger partial charge in [-0.1, -0.05) is 44.6 Å². The molecule has 0 fully saturated rings. The van der Waals surface area contributed by atoms with Gasteiger partial charge in [0.2, 0.25) is 0 Å². The van der Waals surface area contributed by atoms with Crippen molar-refractivity contribution in [2.75, 3.05) is 0 Å². The minimum atomic E-state index is 1.01. The van der Waals surface area contributed by atoms with Crippen molar-refractivity contribution in [2.45, 2.75) is 89.9 Å². The highest BCUT2D eigenvalue weighted by Gasteiger charge is 2.13. The van der Waals surface area contributed by atoms with Gasteiger partial charge in [0, 0.05) is 0 Å². The number of rotatable bonds is 2. The molecule has 0 radical (unpaired) electrons. The highest BCUT2D eigenvalue weighted by Crippen LogP contribution is 2.31.